The van der Waals surface area contributed by atoms with Crippen molar-refractivity contribution < 1.29 is 9.90 Å². The molecule has 4 nitrogen and oxygen atoms in total. The van der Waals surface area contributed by atoms with Crippen molar-refractivity contribution in [3.63, 3.8) is 0 Å². The molecule has 0 spiro atoms. The van der Waals surface area contributed by atoms with Gasteiger partial charge >= 0.3 is 0 Å². The summed E-state index contributed by atoms with van der Waals surface area (Å²) in [7, 11) is 1.71. The van der Waals surface area contributed by atoms with E-state index >= 15 is 0 Å². The number of carbonyl (C=O) groups is 1. The van der Waals surface area contributed by atoms with Gasteiger partial charge in [-0.25, -0.2) is 4.98 Å². The number of rotatable bonds is 6. The standard InChI is InChI=1S/C13H19ClN2O2/c1-3-5-11-8-10(9-12(14)15-11)13(18)16(2)6-4-7-17/h8-9,17H,3-7H2,1-2H3. The molecule has 100 valence electrons. The van der Waals surface area contributed by atoms with E-state index in [1.165, 1.54) is 0 Å². The summed E-state index contributed by atoms with van der Waals surface area (Å²) in [6.07, 6.45) is 2.34. The molecule has 5 heteroatoms. The monoisotopic (exact) mass is 270 g/mol. The number of aliphatic hydroxyl groups is 1. The highest BCUT2D eigenvalue weighted by atomic mass is 35.5. The Balaban J connectivity index is 2.84. The molecule has 0 aliphatic rings. The van der Waals surface area contributed by atoms with E-state index in [-0.39, 0.29) is 12.5 Å². The Morgan fingerprint density at radius 3 is 2.83 bits per heavy atom. The van der Waals surface area contributed by atoms with E-state index in [0.29, 0.717) is 23.7 Å². The average molecular weight is 271 g/mol. The number of amides is 1. The van der Waals surface area contributed by atoms with Crippen LogP contribution in [0.25, 0.3) is 0 Å². The lowest BCUT2D eigenvalue weighted by Crippen LogP contribution is -2.28. The Morgan fingerprint density at radius 1 is 1.50 bits per heavy atom. The van der Waals surface area contributed by atoms with Crippen LogP contribution in [0.2, 0.25) is 5.15 Å². The highest BCUT2D eigenvalue weighted by Crippen LogP contribution is 2.14. The lowest BCUT2D eigenvalue weighted by molar-refractivity contribution is 0.0786. The van der Waals surface area contributed by atoms with Gasteiger partial charge in [0.2, 0.25) is 0 Å². The van der Waals surface area contributed by atoms with Crippen LogP contribution in [0.1, 0.15) is 35.8 Å². The van der Waals surface area contributed by atoms with E-state index < -0.39 is 0 Å². The van der Waals surface area contributed by atoms with Crippen molar-refractivity contribution in [1.82, 2.24) is 9.88 Å². The molecule has 0 atom stereocenters. The fraction of sp³-hybridized carbons (Fsp3) is 0.538. The van der Waals surface area contributed by atoms with Gasteiger partial charge in [0.25, 0.3) is 5.91 Å². The number of aryl methyl sites for hydroxylation is 1. The largest absolute Gasteiger partial charge is 0.396 e. The van der Waals surface area contributed by atoms with E-state index in [4.69, 9.17) is 16.7 Å². The smallest absolute Gasteiger partial charge is 0.253 e. The second-order valence-electron chi connectivity index (χ2n) is 4.22. The van der Waals surface area contributed by atoms with Crippen LogP contribution in [0.4, 0.5) is 0 Å². The van der Waals surface area contributed by atoms with Crippen LogP contribution in [-0.4, -0.2) is 41.1 Å². The molecule has 0 aliphatic carbocycles. The lowest BCUT2D eigenvalue weighted by Gasteiger charge is -2.17. The van der Waals surface area contributed by atoms with Crippen LogP contribution in [0.15, 0.2) is 12.1 Å². The minimum absolute atomic E-state index is 0.0792. The van der Waals surface area contributed by atoms with Gasteiger partial charge in [0.1, 0.15) is 5.15 Å². The molecule has 0 radical (unpaired) electrons. The first kappa shape index (κ1) is 14.9. The van der Waals surface area contributed by atoms with Crippen LogP contribution < -0.4 is 0 Å². The maximum absolute atomic E-state index is 12.1. The number of aliphatic hydroxyl groups excluding tert-OH is 1. The number of hydrogen-bond acceptors (Lipinski definition) is 3. The van der Waals surface area contributed by atoms with Crippen LogP contribution in [0, 0.1) is 0 Å². The summed E-state index contributed by atoms with van der Waals surface area (Å²) in [5.74, 6) is -0.0925. The van der Waals surface area contributed by atoms with Gasteiger partial charge in [-0.05, 0) is 25.0 Å². The van der Waals surface area contributed by atoms with Gasteiger partial charge in [-0.1, -0.05) is 24.9 Å². The van der Waals surface area contributed by atoms with E-state index in [1.54, 1.807) is 24.1 Å². The van der Waals surface area contributed by atoms with Crippen molar-refractivity contribution in [2.75, 3.05) is 20.2 Å². The van der Waals surface area contributed by atoms with Crippen molar-refractivity contribution in [2.24, 2.45) is 0 Å². The van der Waals surface area contributed by atoms with Gasteiger partial charge in [-0.2, -0.15) is 0 Å². The normalized spacial score (nSPS) is 10.4. The molecule has 1 amide bonds. The summed E-state index contributed by atoms with van der Waals surface area (Å²) in [6.45, 7) is 2.66. The van der Waals surface area contributed by atoms with E-state index in [0.717, 1.165) is 18.5 Å². The molecule has 0 bridgehead atoms. The summed E-state index contributed by atoms with van der Waals surface area (Å²) < 4.78 is 0. The lowest BCUT2D eigenvalue weighted by atomic mass is 10.1. The fourth-order valence-corrected chi connectivity index (χ4v) is 1.91. The number of aromatic nitrogens is 1. The average Bonchev–Trinajstić information content (AvgIpc) is 2.34. The molecule has 0 fully saturated rings. The molecule has 1 heterocycles. The summed E-state index contributed by atoms with van der Waals surface area (Å²) >= 11 is 5.92. The third kappa shape index (κ3) is 4.27. The quantitative estimate of drug-likeness (QED) is 0.806. The second-order valence-corrected chi connectivity index (χ2v) is 4.61. The Morgan fingerprint density at radius 2 is 2.22 bits per heavy atom. The molecule has 0 aromatic carbocycles. The zero-order valence-electron chi connectivity index (χ0n) is 10.8. The molecule has 1 aromatic heterocycles. The van der Waals surface area contributed by atoms with E-state index in [9.17, 15) is 4.79 Å². The first-order chi connectivity index (χ1) is 8.58. The molecular formula is C13H19ClN2O2. The molecule has 1 rings (SSSR count). The van der Waals surface area contributed by atoms with E-state index in [2.05, 4.69) is 11.9 Å². The second kappa shape index (κ2) is 7.34. The molecule has 0 saturated carbocycles. The van der Waals surface area contributed by atoms with Crippen molar-refractivity contribution in [3.8, 4) is 0 Å². The Labute approximate surface area is 113 Å². The topological polar surface area (TPSA) is 53.4 Å². The highest BCUT2D eigenvalue weighted by Gasteiger charge is 2.13. The predicted molar refractivity (Wildman–Crippen MR) is 71.9 cm³/mol. The van der Waals surface area contributed by atoms with Gasteiger partial charge < -0.3 is 10.0 Å². The Hall–Kier alpha value is -1.13. The van der Waals surface area contributed by atoms with Crippen molar-refractivity contribution >= 4 is 17.5 Å². The summed E-state index contributed by atoms with van der Waals surface area (Å²) in [5, 5.41) is 9.10. The van der Waals surface area contributed by atoms with Gasteiger partial charge in [0, 0.05) is 31.5 Å². The summed E-state index contributed by atoms with van der Waals surface area (Å²) in [6, 6.07) is 3.37. The minimum atomic E-state index is -0.0925. The molecule has 1 aromatic rings. The zero-order chi connectivity index (χ0) is 13.5. The number of halogens is 1. The third-order valence-corrected chi connectivity index (χ3v) is 2.79. The first-order valence-electron chi connectivity index (χ1n) is 6.11. The van der Waals surface area contributed by atoms with Gasteiger partial charge in [-0.15, -0.1) is 0 Å². The molecular weight excluding hydrogens is 252 g/mol. The van der Waals surface area contributed by atoms with Gasteiger partial charge in [-0.3, -0.25) is 4.79 Å². The minimum Gasteiger partial charge on any atom is -0.396 e. The van der Waals surface area contributed by atoms with Crippen molar-refractivity contribution in [3.05, 3.63) is 28.5 Å². The van der Waals surface area contributed by atoms with Crippen LogP contribution in [0.5, 0.6) is 0 Å². The first-order valence-corrected chi connectivity index (χ1v) is 6.49. The van der Waals surface area contributed by atoms with Gasteiger partial charge in [0.05, 0.1) is 0 Å². The molecule has 0 aliphatic heterocycles. The number of carbonyl (C=O) groups excluding carboxylic acids is 1. The number of nitrogens with zero attached hydrogens (tertiary/aromatic N) is 2. The summed E-state index contributed by atoms with van der Waals surface area (Å²) in [4.78, 5) is 17.9. The van der Waals surface area contributed by atoms with Crippen molar-refractivity contribution in [1.29, 1.82) is 0 Å². The zero-order valence-corrected chi connectivity index (χ0v) is 11.6. The van der Waals surface area contributed by atoms with Crippen LogP contribution >= 0.6 is 11.6 Å². The van der Waals surface area contributed by atoms with Crippen LogP contribution in [0.3, 0.4) is 0 Å². The number of hydrogen-bond donors (Lipinski definition) is 1. The SMILES string of the molecule is CCCc1cc(C(=O)N(C)CCCO)cc(Cl)n1. The molecule has 18 heavy (non-hydrogen) atoms. The maximum atomic E-state index is 12.1. The van der Waals surface area contributed by atoms with Gasteiger partial charge in [0.15, 0.2) is 0 Å². The van der Waals surface area contributed by atoms with Crippen LogP contribution in [-0.2, 0) is 6.42 Å². The predicted octanol–water partition coefficient (Wildman–Crippen LogP) is 2.14. The Kier molecular flexibility index (Phi) is 6.09. The molecule has 0 unspecified atom stereocenters. The maximum Gasteiger partial charge on any atom is 0.253 e. The summed E-state index contributed by atoms with van der Waals surface area (Å²) in [5.41, 5.74) is 1.39. The van der Waals surface area contributed by atoms with E-state index in [1.807, 2.05) is 0 Å². The molecule has 0 saturated heterocycles. The number of pyridine rings is 1. The van der Waals surface area contributed by atoms with Crippen molar-refractivity contribution in [2.45, 2.75) is 26.2 Å². The fourth-order valence-electron chi connectivity index (χ4n) is 1.69. The highest BCUT2D eigenvalue weighted by molar-refractivity contribution is 6.29. The molecule has 1 N–H and O–H groups in total. The Bertz CT molecular complexity index is 410. The third-order valence-electron chi connectivity index (χ3n) is 2.60.